The van der Waals surface area contributed by atoms with Gasteiger partial charge in [-0.2, -0.15) is 4.31 Å². The van der Waals surface area contributed by atoms with E-state index in [1.54, 1.807) is 31.2 Å². The number of sulfonamides is 1. The molecule has 1 unspecified atom stereocenters. The van der Waals surface area contributed by atoms with Crippen LogP contribution < -0.4 is 5.32 Å². The summed E-state index contributed by atoms with van der Waals surface area (Å²) in [5, 5.41) is 2.80. The molecule has 2 aliphatic rings. The number of amides is 1. The van der Waals surface area contributed by atoms with Crippen molar-refractivity contribution in [3.8, 4) is 0 Å². The molecule has 0 spiro atoms. The molecule has 1 aromatic rings. The monoisotopic (exact) mass is 408 g/mol. The largest absolute Gasteiger partial charge is 0.453 e. The molecule has 1 aliphatic carbocycles. The van der Waals surface area contributed by atoms with E-state index in [0.29, 0.717) is 19.5 Å². The molecule has 0 bridgehead atoms. The third kappa shape index (κ3) is 5.54. The normalized spacial score (nSPS) is 19.0. The first kappa shape index (κ1) is 20.8. The van der Waals surface area contributed by atoms with Gasteiger partial charge in [0.1, 0.15) is 0 Å². The van der Waals surface area contributed by atoms with Crippen LogP contribution in [0.25, 0.3) is 0 Å². The van der Waals surface area contributed by atoms with Crippen molar-refractivity contribution in [3.05, 3.63) is 29.8 Å². The first-order chi connectivity index (χ1) is 13.4. The average molecular weight is 409 g/mol. The number of carbonyl (C=O) groups excluding carboxylic acids is 2. The summed E-state index contributed by atoms with van der Waals surface area (Å²) >= 11 is 0. The Morgan fingerprint density at radius 3 is 2.39 bits per heavy atom. The van der Waals surface area contributed by atoms with E-state index in [9.17, 15) is 18.0 Å². The van der Waals surface area contributed by atoms with Crippen LogP contribution in [0.4, 0.5) is 0 Å². The van der Waals surface area contributed by atoms with Gasteiger partial charge in [-0.05, 0) is 56.7 Å². The van der Waals surface area contributed by atoms with Gasteiger partial charge in [-0.15, -0.1) is 0 Å². The van der Waals surface area contributed by atoms with Gasteiger partial charge in [-0.3, -0.25) is 9.59 Å². The molecule has 1 aliphatic heterocycles. The van der Waals surface area contributed by atoms with Gasteiger partial charge in [-0.1, -0.05) is 18.6 Å². The Balaban J connectivity index is 1.48. The van der Waals surface area contributed by atoms with Crippen LogP contribution in [0.1, 0.15) is 51.0 Å². The Morgan fingerprint density at radius 1 is 1.14 bits per heavy atom. The summed E-state index contributed by atoms with van der Waals surface area (Å²) in [5.41, 5.74) is 0.852. The standard InChI is InChI=1S/C20H28N2O5S/c1-15(20(24)21-17-8-9-17)27-19(23)12-7-16-5-10-18(11-6-16)28(25,26)22-13-3-2-4-14-22/h5-6,10-11,15,17H,2-4,7-9,12-14H2,1H3,(H,21,24). The number of hydrogen-bond acceptors (Lipinski definition) is 5. The minimum absolute atomic E-state index is 0.138. The van der Waals surface area contributed by atoms with E-state index in [0.717, 1.165) is 37.7 Å². The fourth-order valence-corrected chi connectivity index (χ4v) is 4.70. The second kappa shape index (κ2) is 9.05. The number of benzene rings is 1. The van der Waals surface area contributed by atoms with E-state index in [1.807, 2.05) is 0 Å². The molecule has 7 nitrogen and oxygen atoms in total. The summed E-state index contributed by atoms with van der Waals surface area (Å²) in [5.74, 6) is -0.702. The molecular formula is C20H28N2O5S. The molecule has 1 saturated carbocycles. The summed E-state index contributed by atoms with van der Waals surface area (Å²) in [6.45, 7) is 2.71. The highest BCUT2D eigenvalue weighted by atomic mass is 32.2. The van der Waals surface area contributed by atoms with Crippen LogP contribution in [-0.4, -0.2) is 49.8 Å². The molecule has 2 fully saturated rings. The number of carbonyl (C=O) groups is 2. The molecule has 1 N–H and O–H groups in total. The fourth-order valence-electron chi connectivity index (χ4n) is 3.18. The molecule has 28 heavy (non-hydrogen) atoms. The zero-order chi connectivity index (χ0) is 20.1. The molecule has 1 aromatic carbocycles. The summed E-state index contributed by atoms with van der Waals surface area (Å²) in [6, 6.07) is 6.88. The van der Waals surface area contributed by atoms with Crippen LogP contribution in [-0.2, 0) is 30.8 Å². The number of hydrogen-bond donors (Lipinski definition) is 1. The molecule has 1 saturated heterocycles. The molecule has 8 heteroatoms. The number of piperidine rings is 1. The van der Waals surface area contributed by atoms with Crippen LogP contribution in [0.2, 0.25) is 0 Å². The Morgan fingerprint density at radius 2 is 1.79 bits per heavy atom. The van der Waals surface area contributed by atoms with E-state index < -0.39 is 22.1 Å². The van der Waals surface area contributed by atoms with Crippen molar-refractivity contribution in [2.45, 2.75) is 68.9 Å². The third-order valence-electron chi connectivity index (χ3n) is 5.10. The lowest BCUT2D eigenvalue weighted by molar-refractivity contribution is -0.154. The van der Waals surface area contributed by atoms with Crippen molar-refractivity contribution in [3.63, 3.8) is 0 Å². The zero-order valence-electron chi connectivity index (χ0n) is 16.2. The van der Waals surface area contributed by atoms with E-state index >= 15 is 0 Å². The maximum Gasteiger partial charge on any atom is 0.306 e. The quantitative estimate of drug-likeness (QED) is 0.664. The minimum Gasteiger partial charge on any atom is -0.453 e. The van der Waals surface area contributed by atoms with Gasteiger partial charge >= 0.3 is 5.97 Å². The van der Waals surface area contributed by atoms with Crippen molar-refractivity contribution < 1.29 is 22.7 Å². The Hall–Kier alpha value is -1.93. The Bertz CT molecular complexity index is 796. The predicted octanol–water partition coefficient (Wildman–Crippen LogP) is 2.00. The van der Waals surface area contributed by atoms with Crippen molar-refractivity contribution >= 4 is 21.9 Å². The average Bonchev–Trinajstić information content (AvgIpc) is 3.51. The molecule has 1 atom stereocenters. The van der Waals surface area contributed by atoms with Crippen molar-refractivity contribution in [1.82, 2.24) is 9.62 Å². The van der Waals surface area contributed by atoms with Crippen LogP contribution in [0, 0.1) is 0 Å². The summed E-state index contributed by atoms with van der Waals surface area (Å²) < 4.78 is 32.0. The lowest BCUT2D eigenvalue weighted by atomic mass is 10.1. The Kier molecular flexibility index (Phi) is 6.72. The highest BCUT2D eigenvalue weighted by Crippen LogP contribution is 2.21. The van der Waals surface area contributed by atoms with Gasteiger partial charge in [0.25, 0.3) is 5.91 Å². The molecular weight excluding hydrogens is 380 g/mol. The van der Waals surface area contributed by atoms with E-state index in [4.69, 9.17) is 4.74 Å². The number of nitrogens with one attached hydrogen (secondary N) is 1. The zero-order valence-corrected chi connectivity index (χ0v) is 17.0. The summed E-state index contributed by atoms with van der Waals surface area (Å²) in [6.07, 6.45) is 4.60. The van der Waals surface area contributed by atoms with Gasteiger partial charge in [0, 0.05) is 25.6 Å². The smallest absolute Gasteiger partial charge is 0.306 e. The lowest BCUT2D eigenvalue weighted by Crippen LogP contribution is -2.37. The van der Waals surface area contributed by atoms with Crippen molar-refractivity contribution in [1.29, 1.82) is 0 Å². The van der Waals surface area contributed by atoms with Crippen LogP contribution in [0.15, 0.2) is 29.2 Å². The van der Waals surface area contributed by atoms with E-state index in [1.165, 1.54) is 4.31 Å². The first-order valence-corrected chi connectivity index (χ1v) is 11.4. The predicted molar refractivity (Wildman–Crippen MR) is 104 cm³/mol. The number of nitrogens with zero attached hydrogens (tertiary/aromatic N) is 1. The van der Waals surface area contributed by atoms with E-state index in [2.05, 4.69) is 5.32 Å². The van der Waals surface area contributed by atoms with Gasteiger partial charge < -0.3 is 10.1 Å². The van der Waals surface area contributed by atoms with E-state index in [-0.39, 0.29) is 23.3 Å². The lowest BCUT2D eigenvalue weighted by Gasteiger charge is -2.25. The molecule has 0 aromatic heterocycles. The third-order valence-corrected chi connectivity index (χ3v) is 7.01. The molecule has 3 rings (SSSR count). The second-order valence-electron chi connectivity index (χ2n) is 7.52. The van der Waals surface area contributed by atoms with Crippen LogP contribution >= 0.6 is 0 Å². The maximum absolute atomic E-state index is 12.6. The molecule has 1 amide bonds. The van der Waals surface area contributed by atoms with Crippen LogP contribution in [0.5, 0.6) is 0 Å². The maximum atomic E-state index is 12.6. The minimum atomic E-state index is -3.44. The van der Waals surface area contributed by atoms with Crippen LogP contribution in [0.3, 0.4) is 0 Å². The second-order valence-corrected chi connectivity index (χ2v) is 9.46. The fraction of sp³-hybridized carbons (Fsp3) is 0.600. The summed E-state index contributed by atoms with van der Waals surface area (Å²) in [7, 11) is -3.44. The molecule has 1 heterocycles. The van der Waals surface area contributed by atoms with Crippen molar-refractivity contribution in [2.24, 2.45) is 0 Å². The first-order valence-electron chi connectivity index (χ1n) is 9.95. The van der Waals surface area contributed by atoms with Gasteiger partial charge in [0.05, 0.1) is 4.90 Å². The SMILES string of the molecule is CC(OC(=O)CCc1ccc(S(=O)(=O)N2CCCCC2)cc1)C(=O)NC1CC1. The molecule has 0 radical (unpaired) electrons. The van der Waals surface area contributed by atoms with Gasteiger partial charge in [0.15, 0.2) is 6.10 Å². The topological polar surface area (TPSA) is 92.8 Å². The highest BCUT2D eigenvalue weighted by Gasteiger charge is 2.27. The number of rotatable bonds is 8. The highest BCUT2D eigenvalue weighted by molar-refractivity contribution is 7.89. The number of esters is 1. The molecule has 154 valence electrons. The van der Waals surface area contributed by atoms with Gasteiger partial charge in [-0.25, -0.2) is 8.42 Å². The number of aryl methyl sites for hydroxylation is 1. The van der Waals surface area contributed by atoms with Crippen molar-refractivity contribution in [2.75, 3.05) is 13.1 Å². The number of ether oxygens (including phenoxy) is 1. The van der Waals surface area contributed by atoms with Gasteiger partial charge in [0.2, 0.25) is 10.0 Å². The summed E-state index contributed by atoms with van der Waals surface area (Å²) in [4.78, 5) is 24.1. The Labute approximate surface area is 166 Å².